The molecule has 1 aliphatic rings. The van der Waals surface area contributed by atoms with E-state index in [-0.39, 0.29) is 11.3 Å². The summed E-state index contributed by atoms with van der Waals surface area (Å²) >= 11 is 0. The van der Waals surface area contributed by atoms with Gasteiger partial charge >= 0.3 is 0 Å². The van der Waals surface area contributed by atoms with E-state index in [0.29, 0.717) is 30.0 Å². The number of benzene rings is 1. The van der Waals surface area contributed by atoms with E-state index in [0.717, 1.165) is 5.56 Å². The normalized spacial score (nSPS) is 19.3. The van der Waals surface area contributed by atoms with E-state index in [1.54, 1.807) is 13.8 Å². The Morgan fingerprint density at radius 1 is 1.22 bits per heavy atom. The second-order valence-electron chi connectivity index (χ2n) is 7.02. The van der Waals surface area contributed by atoms with E-state index in [1.807, 2.05) is 49.3 Å². The molecule has 2 aromatic rings. The molecule has 2 N–H and O–H groups in total. The molecule has 27 heavy (non-hydrogen) atoms. The second-order valence-corrected chi connectivity index (χ2v) is 7.02. The Labute approximate surface area is 158 Å². The summed E-state index contributed by atoms with van der Waals surface area (Å²) in [6.07, 6.45) is 0. The number of likely N-dealkylation sites (tertiary alicyclic amines) is 1. The number of aromatic nitrogens is 2. The monoisotopic (exact) mass is 368 g/mol. The molecule has 7 nitrogen and oxygen atoms in total. The smallest absolute Gasteiger partial charge is 0.295 e. The maximum Gasteiger partial charge on any atom is 0.295 e. The highest BCUT2D eigenvalue weighted by atomic mass is 16.3. The number of amides is 1. The summed E-state index contributed by atoms with van der Waals surface area (Å²) < 4.78 is 0. The summed E-state index contributed by atoms with van der Waals surface area (Å²) in [6, 6.07) is 8.69. The molecule has 1 atom stereocenters. The second kappa shape index (κ2) is 7.36. The van der Waals surface area contributed by atoms with Crippen LogP contribution >= 0.6 is 0 Å². The number of hydrogen-bond donors (Lipinski definition) is 2. The lowest BCUT2D eigenvalue weighted by molar-refractivity contribution is -0.140. The van der Waals surface area contributed by atoms with Gasteiger partial charge in [-0.25, -0.2) is 0 Å². The Bertz CT molecular complexity index is 880. The van der Waals surface area contributed by atoms with Crippen molar-refractivity contribution < 1.29 is 14.7 Å². The van der Waals surface area contributed by atoms with Crippen molar-refractivity contribution in [3.05, 3.63) is 58.4 Å². The van der Waals surface area contributed by atoms with E-state index in [1.165, 1.54) is 4.90 Å². The molecule has 0 aliphatic carbocycles. The van der Waals surface area contributed by atoms with Crippen LogP contribution in [0, 0.1) is 13.8 Å². The highest BCUT2D eigenvalue weighted by molar-refractivity contribution is 6.46. The molecular formula is C20H24N4O3. The van der Waals surface area contributed by atoms with Crippen molar-refractivity contribution in [3.8, 4) is 0 Å². The number of nitrogens with zero attached hydrogens (tertiary/aromatic N) is 3. The Morgan fingerprint density at radius 3 is 2.44 bits per heavy atom. The van der Waals surface area contributed by atoms with Crippen LogP contribution in [0.15, 0.2) is 35.9 Å². The largest absolute Gasteiger partial charge is 0.507 e. The van der Waals surface area contributed by atoms with E-state index in [9.17, 15) is 14.7 Å². The molecule has 0 bridgehead atoms. The fourth-order valence-electron chi connectivity index (χ4n) is 3.43. The lowest BCUT2D eigenvalue weighted by Crippen LogP contribution is -2.35. The zero-order valence-electron chi connectivity index (χ0n) is 16.0. The van der Waals surface area contributed by atoms with Gasteiger partial charge in [-0.05, 0) is 33.5 Å². The number of aryl methyl sites for hydroxylation is 2. The number of aliphatic hydroxyl groups is 1. The number of H-pyrrole nitrogens is 1. The lowest BCUT2D eigenvalue weighted by Gasteiger charge is -2.26. The predicted octanol–water partition coefficient (Wildman–Crippen LogP) is 2.01. The molecule has 3 rings (SSSR count). The number of carbonyl (C=O) groups excluding carboxylic acids is 2. The summed E-state index contributed by atoms with van der Waals surface area (Å²) in [5, 5.41) is 17.9. The minimum absolute atomic E-state index is 0.109. The van der Waals surface area contributed by atoms with Crippen LogP contribution in [0.4, 0.5) is 0 Å². The van der Waals surface area contributed by atoms with Crippen LogP contribution in [0.1, 0.15) is 28.6 Å². The topological polar surface area (TPSA) is 89.5 Å². The van der Waals surface area contributed by atoms with Crippen molar-refractivity contribution in [2.45, 2.75) is 19.9 Å². The molecule has 1 amide bonds. The number of aromatic amines is 1. The van der Waals surface area contributed by atoms with Crippen LogP contribution < -0.4 is 0 Å². The molecule has 1 aromatic heterocycles. The fraction of sp³-hybridized carbons (Fsp3) is 0.350. The average Bonchev–Trinajstić information content (AvgIpc) is 3.10. The highest BCUT2D eigenvalue weighted by Crippen LogP contribution is 2.39. The summed E-state index contributed by atoms with van der Waals surface area (Å²) in [6.45, 7) is 4.52. The van der Waals surface area contributed by atoms with Gasteiger partial charge < -0.3 is 14.9 Å². The van der Waals surface area contributed by atoms with Crippen LogP contribution in [0.3, 0.4) is 0 Å². The van der Waals surface area contributed by atoms with Gasteiger partial charge in [-0.1, -0.05) is 30.3 Å². The first kappa shape index (κ1) is 18.8. The van der Waals surface area contributed by atoms with Gasteiger partial charge in [-0.2, -0.15) is 5.10 Å². The van der Waals surface area contributed by atoms with Crippen molar-refractivity contribution in [2.24, 2.45) is 0 Å². The number of nitrogens with one attached hydrogen (secondary N) is 1. The third-order valence-electron chi connectivity index (χ3n) is 4.81. The zero-order chi connectivity index (χ0) is 19.7. The number of likely N-dealkylation sites (N-methyl/N-ethyl adjacent to an activating group) is 1. The Morgan fingerprint density at radius 2 is 1.89 bits per heavy atom. The number of rotatable bonds is 5. The first-order valence-electron chi connectivity index (χ1n) is 8.83. The lowest BCUT2D eigenvalue weighted by atomic mass is 9.95. The van der Waals surface area contributed by atoms with E-state index in [4.69, 9.17) is 0 Å². The van der Waals surface area contributed by atoms with Crippen LogP contribution in [0.5, 0.6) is 0 Å². The quantitative estimate of drug-likeness (QED) is 0.479. The molecule has 1 aliphatic heterocycles. The highest BCUT2D eigenvalue weighted by Gasteiger charge is 2.46. The van der Waals surface area contributed by atoms with Gasteiger partial charge in [0.1, 0.15) is 5.76 Å². The minimum atomic E-state index is -0.667. The molecule has 0 spiro atoms. The molecule has 0 saturated carbocycles. The van der Waals surface area contributed by atoms with Gasteiger partial charge in [-0.3, -0.25) is 14.7 Å². The number of Topliss-reactive ketones (excluding diaryl/α,β-unsaturated/α-hetero) is 1. The number of aliphatic hydroxyl groups excluding tert-OH is 1. The first-order valence-corrected chi connectivity index (χ1v) is 8.83. The Balaban J connectivity index is 2.17. The maximum absolute atomic E-state index is 12.9. The van der Waals surface area contributed by atoms with Crippen LogP contribution in [-0.2, 0) is 9.59 Å². The van der Waals surface area contributed by atoms with Crippen LogP contribution in [0.25, 0.3) is 5.76 Å². The van der Waals surface area contributed by atoms with Gasteiger partial charge in [0.25, 0.3) is 11.7 Å². The molecular weight excluding hydrogens is 344 g/mol. The SMILES string of the molecule is Cc1n[nH]c(C)c1/C(O)=C1\C(=O)C(=O)N(CCN(C)C)C1c1ccccc1. The minimum Gasteiger partial charge on any atom is -0.507 e. The summed E-state index contributed by atoms with van der Waals surface area (Å²) in [5.74, 6) is -1.44. The molecule has 2 heterocycles. The summed E-state index contributed by atoms with van der Waals surface area (Å²) in [7, 11) is 3.82. The number of ketones is 1. The van der Waals surface area contributed by atoms with Gasteiger partial charge in [0.15, 0.2) is 0 Å². The zero-order valence-corrected chi connectivity index (χ0v) is 16.0. The van der Waals surface area contributed by atoms with Crippen LogP contribution in [0.2, 0.25) is 0 Å². The molecule has 7 heteroatoms. The average molecular weight is 368 g/mol. The molecule has 0 radical (unpaired) electrons. The molecule has 1 unspecified atom stereocenters. The third kappa shape index (κ3) is 3.38. The number of hydrogen-bond acceptors (Lipinski definition) is 5. The predicted molar refractivity (Wildman–Crippen MR) is 102 cm³/mol. The van der Waals surface area contributed by atoms with Crippen molar-refractivity contribution in [1.29, 1.82) is 0 Å². The van der Waals surface area contributed by atoms with Gasteiger partial charge in [0.2, 0.25) is 0 Å². The van der Waals surface area contributed by atoms with E-state index in [2.05, 4.69) is 10.2 Å². The van der Waals surface area contributed by atoms with Gasteiger partial charge in [0, 0.05) is 18.8 Å². The van der Waals surface area contributed by atoms with Crippen molar-refractivity contribution in [1.82, 2.24) is 20.0 Å². The van der Waals surface area contributed by atoms with E-state index < -0.39 is 17.7 Å². The molecule has 1 saturated heterocycles. The Kier molecular flexibility index (Phi) is 5.14. The number of carbonyl (C=O) groups is 2. The van der Waals surface area contributed by atoms with Crippen molar-refractivity contribution in [2.75, 3.05) is 27.2 Å². The van der Waals surface area contributed by atoms with E-state index >= 15 is 0 Å². The fourth-order valence-corrected chi connectivity index (χ4v) is 3.43. The van der Waals surface area contributed by atoms with Gasteiger partial charge in [0.05, 0.1) is 22.9 Å². The molecule has 1 aromatic carbocycles. The molecule has 1 fully saturated rings. The first-order chi connectivity index (χ1) is 12.8. The summed E-state index contributed by atoms with van der Waals surface area (Å²) in [5.41, 5.74) is 2.60. The third-order valence-corrected chi connectivity index (χ3v) is 4.81. The maximum atomic E-state index is 12.9. The van der Waals surface area contributed by atoms with Crippen molar-refractivity contribution >= 4 is 17.4 Å². The Hall–Kier alpha value is -2.93. The molecule has 142 valence electrons. The van der Waals surface area contributed by atoms with Crippen LogP contribution in [-0.4, -0.2) is 64.0 Å². The van der Waals surface area contributed by atoms with Crippen molar-refractivity contribution in [3.63, 3.8) is 0 Å². The summed E-state index contributed by atoms with van der Waals surface area (Å²) in [4.78, 5) is 29.1. The van der Waals surface area contributed by atoms with Gasteiger partial charge in [-0.15, -0.1) is 0 Å². The standard InChI is InChI=1S/C20H24N4O3/c1-12-15(13(2)22-21-12)18(25)16-17(14-8-6-5-7-9-14)24(11-10-23(3)4)20(27)19(16)26/h5-9,17,25H,10-11H2,1-4H3,(H,21,22)/b18-16+.